The third kappa shape index (κ3) is 3.17. The number of hydrogen-bond acceptors (Lipinski definition) is 3. The first-order valence-electron chi connectivity index (χ1n) is 6.87. The number of anilines is 1. The molecule has 1 N–H and O–H groups in total. The van der Waals surface area contributed by atoms with Gasteiger partial charge in [0, 0.05) is 36.9 Å². The lowest BCUT2D eigenvalue weighted by Crippen LogP contribution is -2.27. The summed E-state index contributed by atoms with van der Waals surface area (Å²) < 4.78 is 41.8. The van der Waals surface area contributed by atoms with Gasteiger partial charge in [0.15, 0.2) is 11.6 Å². The number of alkyl halides is 2. The van der Waals surface area contributed by atoms with E-state index in [0.717, 1.165) is 25.6 Å². The fourth-order valence-electron chi connectivity index (χ4n) is 2.69. The van der Waals surface area contributed by atoms with Crippen LogP contribution in [0.4, 0.5) is 18.9 Å². The monoisotopic (exact) mass is 286 g/mol. The van der Waals surface area contributed by atoms with Crippen molar-refractivity contribution in [3.05, 3.63) is 24.0 Å². The van der Waals surface area contributed by atoms with E-state index in [4.69, 9.17) is 0 Å². The molecule has 0 spiro atoms. The number of halogens is 3. The number of rotatable bonds is 5. The van der Waals surface area contributed by atoms with E-state index in [1.807, 2.05) is 0 Å². The van der Waals surface area contributed by atoms with E-state index >= 15 is 0 Å². The average molecular weight is 286 g/mol. The molecule has 0 radical (unpaired) electrons. The molecule has 1 aliphatic heterocycles. The predicted molar refractivity (Wildman–Crippen MR) is 69.7 cm³/mol. The molecular formula is C14H17F3N2O. The van der Waals surface area contributed by atoms with Gasteiger partial charge in [0.2, 0.25) is 0 Å². The molecule has 1 saturated carbocycles. The van der Waals surface area contributed by atoms with Crippen molar-refractivity contribution < 1.29 is 17.9 Å². The largest absolute Gasteiger partial charge is 0.432 e. The van der Waals surface area contributed by atoms with E-state index in [1.54, 1.807) is 6.07 Å². The second kappa shape index (κ2) is 5.52. The number of hydrogen-bond donors (Lipinski definition) is 1. The van der Waals surface area contributed by atoms with E-state index in [9.17, 15) is 13.2 Å². The quantitative estimate of drug-likeness (QED) is 0.900. The summed E-state index contributed by atoms with van der Waals surface area (Å²) in [6, 6.07) is 5.03. The van der Waals surface area contributed by atoms with Crippen molar-refractivity contribution in [3.8, 4) is 5.75 Å². The smallest absolute Gasteiger partial charge is 0.387 e. The van der Waals surface area contributed by atoms with E-state index < -0.39 is 18.2 Å². The van der Waals surface area contributed by atoms with Gasteiger partial charge in [-0.1, -0.05) is 0 Å². The van der Waals surface area contributed by atoms with E-state index in [1.165, 1.54) is 25.0 Å². The maximum absolute atomic E-state index is 13.6. The molecule has 0 amide bonds. The van der Waals surface area contributed by atoms with Gasteiger partial charge < -0.3 is 10.1 Å². The highest BCUT2D eigenvalue weighted by atomic mass is 19.3. The Morgan fingerprint density at radius 3 is 2.70 bits per heavy atom. The van der Waals surface area contributed by atoms with Crippen molar-refractivity contribution >= 4 is 5.69 Å². The van der Waals surface area contributed by atoms with Gasteiger partial charge in [-0.2, -0.15) is 8.78 Å². The second-order valence-corrected chi connectivity index (χ2v) is 5.38. The standard InChI is InChI=1S/C14H17F3N2O/c15-12-7-9(1-4-13(12)20-14(16)17)18-10-5-6-19(8-10)11-2-3-11/h1,4,7,10-11,14,18H,2-3,5-6,8H2. The Kier molecular flexibility index (Phi) is 3.74. The molecular weight excluding hydrogens is 269 g/mol. The van der Waals surface area contributed by atoms with Crippen molar-refractivity contribution in [2.24, 2.45) is 0 Å². The van der Waals surface area contributed by atoms with Crippen LogP contribution in [0.2, 0.25) is 0 Å². The molecule has 110 valence electrons. The molecule has 3 nitrogen and oxygen atoms in total. The maximum Gasteiger partial charge on any atom is 0.387 e. The molecule has 20 heavy (non-hydrogen) atoms. The Morgan fingerprint density at radius 2 is 2.05 bits per heavy atom. The second-order valence-electron chi connectivity index (χ2n) is 5.38. The van der Waals surface area contributed by atoms with Crippen molar-refractivity contribution in [1.29, 1.82) is 0 Å². The Labute approximate surface area is 115 Å². The SMILES string of the molecule is Fc1cc(NC2CCN(C3CC3)C2)ccc1OC(F)F. The molecule has 2 aliphatic rings. The van der Waals surface area contributed by atoms with Crippen LogP contribution in [0.5, 0.6) is 5.75 Å². The molecule has 2 fully saturated rings. The van der Waals surface area contributed by atoms with Gasteiger partial charge in [0.25, 0.3) is 0 Å². The first-order valence-corrected chi connectivity index (χ1v) is 6.87. The lowest BCUT2D eigenvalue weighted by molar-refractivity contribution is -0.0521. The molecule has 1 saturated heterocycles. The zero-order chi connectivity index (χ0) is 14.1. The molecule has 0 bridgehead atoms. The zero-order valence-electron chi connectivity index (χ0n) is 11.0. The molecule has 1 aromatic carbocycles. The third-order valence-corrected chi connectivity index (χ3v) is 3.80. The summed E-state index contributed by atoms with van der Waals surface area (Å²) in [5.74, 6) is -1.19. The van der Waals surface area contributed by atoms with E-state index in [-0.39, 0.29) is 6.04 Å². The Morgan fingerprint density at radius 1 is 1.25 bits per heavy atom. The number of nitrogens with zero attached hydrogens (tertiary/aromatic N) is 1. The molecule has 3 rings (SSSR count). The van der Waals surface area contributed by atoms with Gasteiger partial charge in [0.1, 0.15) is 0 Å². The Hall–Kier alpha value is -1.43. The summed E-state index contributed by atoms with van der Waals surface area (Å²) in [7, 11) is 0. The van der Waals surface area contributed by atoms with E-state index in [2.05, 4.69) is 15.0 Å². The minimum Gasteiger partial charge on any atom is -0.432 e. The average Bonchev–Trinajstić information content (AvgIpc) is 3.14. The van der Waals surface area contributed by atoms with Gasteiger partial charge in [0.05, 0.1) is 0 Å². The van der Waals surface area contributed by atoms with Gasteiger partial charge in [-0.25, -0.2) is 4.39 Å². The molecule has 1 atom stereocenters. The summed E-state index contributed by atoms with van der Waals surface area (Å²) in [6.45, 7) is -0.982. The van der Waals surface area contributed by atoms with Crippen molar-refractivity contribution in [2.45, 2.75) is 38.0 Å². The summed E-state index contributed by atoms with van der Waals surface area (Å²) in [4.78, 5) is 2.45. The highest BCUT2D eigenvalue weighted by Crippen LogP contribution is 2.31. The molecule has 1 aromatic rings. The molecule has 1 heterocycles. The van der Waals surface area contributed by atoms with Gasteiger partial charge >= 0.3 is 6.61 Å². The fraction of sp³-hybridized carbons (Fsp3) is 0.571. The third-order valence-electron chi connectivity index (χ3n) is 3.80. The normalized spacial score (nSPS) is 23.3. The minimum atomic E-state index is -3.01. The highest BCUT2D eigenvalue weighted by Gasteiger charge is 2.34. The van der Waals surface area contributed by atoms with Crippen LogP contribution in [0.1, 0.15) is 19.3 Å². The number of nitrogens with one attached hydrogen (secondary N) is 1. The molecule has 0 aromatic heterocycles. The zero-order valence-corrected chi connectivity index (χ0v) is 11.0. The van der Waals surface area contributed by atoms with Crippen LogP contribution >= 0.6 is 0 Å². The first kappa shape index (κ1) is 13.5. The summed E-state index contributed by atoms with van der Waals surface area (Å²) >= 11 is 0. The highest BCUT2D eigenvalue weighted by molar-refractivity contribution is 5.48. The fourth-order valence-corrected chi connectivity index (χ4v) is 2.69. The summed E-state index contributed by atoms with van der Waals surface area (Å²) in [5, 5.41) is 3.25. The van der Waals surface area contributed by atoms with Crippen LogP contribution in [0.15, 0.2) is 18.2 Å². The first-order chi connectivity index (χ1) is 9.61. The number of benzene rings is 1. The van der Waals surface area contributed by atoms with Crippen molar-refractivity contribution in [1.82, 2.24) is 4.90 Å². The molecule has 6 heteroatoms. The van der Waals surface area contributed by atoms with Crippen LogP contribution in [0.25, 0.3) is 0 Å². The van der Waals surface area contributed by atoms with Crippen molar-refractivity contribution in [3.63, 3.8) is 0 Å². The van der Waals surface area contributed by atoms with Crippen LogP contribution in [0.3, 0.4) is 0 Å². The predicted octanol–water partition coefficient (Wildman–Crippen LogP) is 3.08. The van der Waals surface area contributed by atoms with Gasteiger partial charge in [-0.3, -0.25) is 4.90 Å². The lowest BCUT2D eigenvalue weighted by Gasteiger charge is -2.17. The van der Waals surface area contributed by atoms with Crippen LogP contribution < -0.4 is 10.1 Å². The number of ether oxygens (including phenoxy) is 1. The summed E-state index contributed by atoms with van der Waals surface area (Å²) in [6.07, 6.45) is 3.58. The van der Waals surface area contributed by atoms with Crippen LogP contribution in [-0.4, -0.2) is 36.7 Å². The maximum atomic E-state index is 13.6. The van der Waals surface area contributed by atoms with Crippen molar-refractivity contribution in [2.75, 3.05) is 18.4 Å². The summed E-state index contributed by atoms with van der Waals surface area (Å²) in [5.41, 5.74) is 0.603. The van der Waals surface area contributed by atoms with Crippen LogP contribution in [-0.2, 0) is 0 Å². The Bertz CT molecular complexity index is 479. The minimum absolute atomic E-state index is 0.289. The lowest BCUT2D eigenvalue weighted by atomic mass is 10.2. The Balaban J connectivity index is 1.58. The topological polar surface area (TPSA) is 24.5 Å². The van der Waals surface area contributed by atoms with Gasteiger partial charge in [-0.15, -0.1) is 0 Å². The van der Waals surface area contributed by atoms with E-state index in [0.29, 0.717) is 5.69 Å². The van der Waals surface area contributed by atoms with Gasteiger partial charge in [-0.05, 0) is 31.4 Å². The molecule has 1 aliphatic carbocycles. The number of likely N-dealkylation sites (tertiary alicyclic amines) is 1. The molecule has 1 unspecified atom stereocenters. The van der Waals surface area contributed by atoms with Crippen LogP contribution in [0, 0.1) is 5.82 Å².